The highest BCUT2D eigenvalue weighted by Gasteiger charge is 2.53. The molecule has 3 aromatic rings. The fourth-order valence-electron chi connectivity index (χ4n) is 5.70. The lowest BCUT2D eigenvalue weighted by molar-refractivity contribution is -0.100. The number of carbonyl (C=O) groups excluding carboxylic acids is 1. The summed E-state index contributed by atoms with van der Waals surface area (Å²) >= 11 is 1.40. The molecule has 3 N–H and O–H groups in total. The summed E-state index contributed by atoms with van der Waals surface area (Å²) < 4.78 is 5.71. The number of anilines is 2. The van der Waals surface area contributed by atoms with Crippen molar-refractivity contribution in [3.8, 4) is 5.75 Å². The minimum Gasteiger partial charge on any atom is -0.493 e. The first-order valence-corrected chi connectivity index (χ1v) is 12.6. The van der Waals surface area contributed by atoms with E-state index in [0.29, 0.717) is 34.4 Å². The number of hydrazine groups is 1. The first kappa shape index (κ1) is 21.9. The molecule has 2 aromatic carbocycles. The predicted octanol–water partition coefficient (Wildman–Crippen LogP) is 5.33. The van der Waals surface area contributed by atoms with Crippen LogP contribution in [0.2, 0.25) is 0 Å². The Balaban J connectivity index is 1.21. The van der Waals surface area contributed by atoms with E-state index in [1.807, 2.05) is 43.3 Å². The lowest BCUT2D eigenvalue weighted by Crippen LogP contribution is -2.53. The van der Waals surface area contributed by atoms with Crippen molar-refractivity contribution in [3.63, 3.8) is 0 Å². The zero-order valence-corrected chi connectivity index (χ0v) is 20.2. The molecule has 0 saturated heterocycles. The summed E-state index contributed by atoms with van der Waals surface area (Å²) in [6, 6.07) is 11.6. The Kier molecular flexibility index (Phi) is 5.86. The molecule has 3 atom stereocenters. The van der Waals surface area contributed by atoms with Gasteiger partial charge in [0.15, 0.2) is 0 Å². The number of hydrogen-bond donors (Lipinski definition) is 3. The van der Waals surface area contributed by atoms with Crippen molar-refractivity contribution >= 4 is 38.3 Å². The lowest BCUT2D eigenvalue weighted by Gasteiger charge is -2.60. The van der Waals surface area contributed by atoms with Gasteiger partial charge in [0, 0.05) is 6.54 Å². The van der Waals surface area contributed by atoms with E-state index in [4.69, 9.17) is 4.74 Å². The number of nitrogens with zero attached hydrogens (tertiary/aromatic N) is 2. The Hall–Kier alpha value is -2.87. The number of aromatic nitrogens is 2. The van der Waals surface area contributed by atoms with E-state index in [1.165, 1.54) is 30.6 Å². The number of amides is 1. The summed E-state index contributed by atoms with van der Waals surface area (Å²) in [6.45, 7) is 8.15. The smallest absolute Gasteiger partial charge is 0.274 e. The van der Waals surface area contributed by atoms with Crippen LogP contribution in [0.15, 0.2) is 36.4 Å². The average Bonchev–Trinajstić information content (AvgIpc) is 3.29. The van der Waals surface area contributed by atoms with Crippen LogP contribution < -0.4 is 20.9 Å². The van der Waals surface area contributed by atoms with E-state index < -0.39 is 0 Å². The van der Waals surface area contributed by atoms with Crippen molar-refractivity contribution in [2.75, 3.05) is 23.9 Å². The van der Waals surface area contributed by atoms with Gasteiger partial charge in [-0.1, -0.05) is 55.5 Å². The molecule has 33 heavy (non-hydrogen) atoms. The van der Waals surface area contributed by atoms with E-state index >= 15 is 0 Å². The topological polar surface area (TPSA) is 88.2 Å². The fraction of sp³-hybridized carbons (Fsp3) is 0.480. The van der Waals surface area contributed by atoms with Crippen molar-refractivity contribution in [3.05, 3.63) is 42.0 Å². The Bertz CT molecular complexity index is 1160. The van der Waals surface area contributed by atoms with Gasteiger partial charge >= 0.3 is 0 Å². The lowest BCUT2D eigenvalue weighted by atomic mass is 9.45. The molecule has 6 rings (SSSR count). The number of benzene rings is 2. The van der Waals surface area contributed by atoms with Crippen molar-refractivity contribution < 1.29 is 9.53 Å². The van der Waals surface area contributed by atoms with Crippen LogP contribution in [-0.2, 0) is 0 Å². The van der Waals surface area contributed by atoms with Crippen LogP contribution in [0.25, 0.3) is 10.8 Å². The second-order valence-corrected chi connectivity index (χ2v) is 10.6. The quantitative estimate of drug-likeness (QED) is 0.390. The zero-order chi connectivity index (χ0) is 23.0. The third kappa shape index (κ3) is 4.12. The molecule has 1 aromatic heterocycles. The minimum atomic E-state index is -0.274. The second-order valence-electron chi connectivity index (χ2n) is 9.66. The van der Waals surface area contributed by atoms with Crippen molar-refractivity contribution in [2.24, 2.45) is 23.2 Å². The maximum atomic E-state index is 13.1. The standard InChI is InChI=1S/C25H31N5O2S/c1-4-32-20-12-10-15-7-5-6-8-18(15)21(20)22(31)27-29-24-30-28-23(33-24)26-14-16-9-11-17-13-19(16)25(17,2)3/h5-8,10,12,16-17,19H,4,9,11,13-14H2,1-3H3,(H,26,28)(H,27,31)(H,29,30). The van der Waals surface area contributed by atoms with Crippen LogP contribution in [0, 0.1) is 23.2 Å². The first-order chi connectivity index (χ1) is 16.0. The molecule has 3 aliphatic carbocycles. The van der Waals surface area contributed by atoms with Gasteiger partial charge in [-0.05, 0) is 66.2 Å². The molecular weight excluding hydrogens is 434 g/mol. The van der Waals surface area contributed by atoms with Crippen LogP contribution in [0.1, 0.15) is 50.4 Å². The number of fused-ring (bicyclic) bond motifs is 3. The fourth-order valence-corrected chi connectivity index (χ4v) is 6.31. The molecular formula is C25H31N5O2S. The summed E-state index contributed by atoms with van der Waals surface area (Å²) in [4.78, 5) is 13.1. The van der Waals surface area contributed by atoms with E-state index in [2.05, 4.69) is 40.2 Å². The normalized spacial score (nSPS) is 22.9. The Morgan fingerprint density at radius 1 is 1.15 bits per heavy atom. The minimum absolute atomic E-state index is 0.274. The van der Waals surface area contributed by atoms with Gasteiger partial charge in [-0.25, -0.2) is 0 Å². The SMILES string of the molecule is CCOc1ccc2ccccc2c1C(=O)NNc1nnc(NCC2CCC3CC2C3(C)C)s1. The Morgan fingerprint density at radius 3 is 2.76 bits per heavy atom. The number of rotatable bonds is 8. The van der Waals surface area contributed by atoms with Gasteiger partial charge in [0.1, 0.15) is 5.75 Å². The van der Waals surface area contributed by atoms with Crippen molar-refractivity contribution in [1.82, 2.24) is 15.6 Å². The van der Waals surface area contributed by atoms with Gasteiger partial charge in [0.25, 0.3) is 5.91 Å². The van der Waals surface area contributed by atoms with Gasteiger partial charge in [-0.3, -0.25) is 15.6 Å². The molecule has 3 unspecified atom stereocenters. The Labute approximate surface area is 198 Å². The van der Waals surface area contributed by atoms with Gasteiger partial charge in [-0.2, -0.15) is 0 Å². The molecule has 3 saturated carbocycles. The molecule has 1 heterocycles. The monoisotopic (exact) mass is 465 g/mol. The van der Waals surface area contributed by atoms with Crippen molar-refractivity contribution in [1.29, 1.82) is 0 Å². The van der Waals surface area contributed by atoms with Gasteiger partial charge < -0.3 is 10.1 Å². The molecule has 3 aliphatic rings. The molecule has 174 valence electrons. The molecule has 2 bridgehead atoms. The van der Waals surface area contributed by atoms with Crippen molar-refractivity contribution in [2.45, 2.75) is 40.0 Å². The number of hydrogen-bond acceptors (Lipinski definition) is 7. The van der Waals surface area contributed by atoms with E-state index in [0.717, 1.165) is 34.3 Å². The largest absolute Gasteiger partial charge is 0.493 e. The third-order valence-electron chi connectivity index (χ3n) is 7.64. The summed E-state index contributed by atoms with van der Waals surface area (Å²) in [6.07, 6.45) is 3.99. The summed E-state index contributed by atoms with van der Waals surface area (Å²) in [7, 11) is 0. The zero-order valence-electron chi connectivity index (χ0n) is 19.4. The van der Waals surface area contributed by atoms with E-state index in [9.17, 15) is 4.79 Å². The van der Waals surface area contributed by atoms with Crippen LogP contribution >= 0.6 is 11.3 Å². The molecule has 0 radical (unpaired) electrons. The summed E-state index contributed by atoms with van der Waals surface area (Å²) in [5, 5.41) is 15.0. The number of nitrogens with one attached hydrogen (secondary N) is 3. The highest BCUT2D eigenvalue weighted by atomic mass is 32.1. The highest BCUT2D eigenvalue weighted by molar-refractivity contribution is 7.19. The molecule has 7 nitrogen and oxygen atoms in total. The second kappa shape index (κ2) is 8.82. The van der Waals surface area contributed by atoms with Gasteiger partial charge in [0.05, 0.1) is 12.2 Å². The molecule has 3 fully saturated rings. The number of carbonyl (C=O) groups is 1. The maximum absolute atomic E-state index is 13.1. The van der Waals surface area contributed by atoms with Gasteiger partial charge in [-0.15, -0.1) is 10.2 Å². The van der Waals surface area contributed by atoms with E-state index in [-0.39, 0.29) is 5.91 Å². The predicted molar refractivity (Wildman–Crippen MR) is 133 cm³/mol. The van der Waals surface area contributed by atoms with Crippen LogP contribution in [0.4, 0.5) is 10.3 Å². The van der Waals surface area contributed by atoms with Crippen LogP contribution in [0.3, 0.4) is 0 Å². The maximum Gasteiger partial charge on any atom is 0.274 e. The average molecular weight is 466 g/mol. The molecule has 8 heteroatoms. The molecule has 1 amide bonds. The summed E-state index contributed by atoms with van der Waals surface area (Å²) in [5.74, 6) is 2.68. The molecule has 0 aliphatic heterocycles. The Morgan fingerprint density at radius 2 is 1.97 bits per heavy atom. The highest BCUT2D eigenvalue weighted by Crippen LogP contribution is 2.61. The summed E-state index contributed by atoms with van der Waals surface area (Å²) in [5.41, 5.74) is 6.66. The van der Waals surface area contributed by atoms with Crippen LogP contribution in [0.5, 0.6) is 5.75 Å². The van der Waals surface area contributed by atoms with E-state index in [1.54, 1.807) is 0 Å². The van der Waals surface area contributed by atoms with Gasteiger partial charge in [0.2, 0.25) is 10.3 Å². The first-order valence-electron chi connectivity index (χ1n) is 11.8. The third-order valence-corrected chi connectivity index (χ3v) is 8.44. The molecule has 0 spiro atoms. The number of ether oxygens (including phenoxy) is 1. The van der Waals surface area contributed by atoms with Crippen LogP contribution in [-0.4, -0.2) is 29.3 Å².